The first-order valence-electron chi connectivity index (χ1n) is 8.43. The lowest BCUT2D eigenvalue weighted by molar-refractivity contribution is 0.0853. The fourth-order valence-corrected chi connectivity index (χ4v) is 1.95. The minimum absolute atomic E-state index is 0.0251. The smallest absolute Gasteiger partial charge is 0.0789 e. The van der Waals surface area contributed by atoms with Crippen LogP contribution in [0.1, 0.15) is 13.3 Å². The summed E-state index contributed by atoms with van der Waals surface area (Å²) in [4.78, 5) is 3.60. The molecule has 0 saturated heterocycles. The molecule has 0 saturated carbocycles. The molecule has 0 fully saturated rings. The van der Waals surface area contributed by atoms with Gasteiger partial charge in [-0.15, -0.1) is 0 Å². The molecule has 2 atom stereocenters. The molecule has 0 spiro atoms. The molecule has 0 amide bonds. The molecule has 8 N–H and O–H groups in total. The van der Waals surface area contributed by atoms with Crippen molar-refractivity contribution in [2.75, 3.05) is 72.2 Å². The van der Waals surface area contributed by atoms with Gasteiger partial charge >= 0.3 is 0 Å². The Kier molecular flexibility index (Phi) is 20.5. The summed E-state index contributed by atoms with van der Waals surface area (Å²) in [5.74, 6) is 0. The van der Waals surface area contributed by atoms with E-state index in [9.17, 15) is 5.11 Å². The number of nitrogens with two attached hydrogens (primary N) is 1. The summed E-state index contributed by atoms with van der Waals surface area (Å²) in [5.41, 5.74) is 5.21. The number of hydrogen-bond donors (Lipinski definition) is 7. The zero-order valence-electron chi connectivity index (χ0n) is 14.8. The van der Waals surface area contributed by atoms with Gasteiger partial charge in [0, 0.05) is 45.8 Å². The van der Waals surface area contributed by atoms with Gasteiger partial charge in [0.25, 0.3) is 0 Å². The van der Waals surface area contributed by atoms with Crippen LogP contribution in [0, 0.1) is 0 Å². The largest absolute Gasteiger partial charge is 0.395 e. The van der Waals surface area contributed by atoms with Gasteiger partial charge in [0.05, 0.1) is 38.6 Å². The van der Waals surface area contributed by atoms with E-state index in [1.165, 1.54) is 0 Å². The molecule has 0 radical (unpaired) electrons. The fourth-order valence-electron chi connectivity index (χ4n) is 1.95. The average molecular weight is 355 g/mol. The van der Waals surface area contributed by atoms with Gasteiger partial charge in [-0.05, 0) is 6.42 Å². The quantitative estimate of drug-likeness (QED) is 0.169. The summed E-state index contributed by atoms with van der Waals surface area (Å²) in [7, 11) is 0. The Labute approximate surface area is 144 Å². The van der Waals surface area contributed by atoms with Gasteiger partial charge in [0.2, 0.25) is 0 Å². The van der Waals surface area contributed by atoms with Gasteiger partial charge in [-0.25, -0.2) is 0 Å². The third-order valence-electron chi connectivity index (χ3n) is 3.35. The number of hydrogen-bond acceptors (Lipinski definition) is 9. The molecular formula is C15H37N3O6. The van der Waals surface area contributed by atoms with E-state index in [4.69, 9.17) is 31.3 Å². The first-order chi connectivity index (χ1) is 11.5. The summed E-state index contributed by atoms with van der Waals surface area (Å²) in [6.45, 7) is 5.15. The maximum atomic E-state index is 9.28. The highest BCUT2D eigenvalue weighted by molar-refractivity contribution is 4.64. The van der Waals surface area contributed by atoms with Crippen LogP contribution in [0.2, 0.25) is 0 Å². The monoisotopic (exact) mass is 355 g/mol. The maximum Gasteiger partial charge on any atom is 0.0789 e. The number of nitrogens with zero attached hydrogens (tertiary/aromatic N) is 2. The lowest BCUT2D eigenvalue weighted by Gasteiger charge is -2.22. The molecule has 0 aromatic heterocycles. The zero-order chi connectivity index (χ0) is 18.8. The minimum Gasteiger partial charge on any atom is -0.395 e. The third kappa shape index (κ3) is 16.5. The van der Waals surface area contributed by atoms with E-state index in [0.29, 0.717) is 45.7 Å². The van der Waals surface area contributed by atoms with E-state index >= 15 is 0 Å². The molecular weight excluding hydrogens is 318 g/mol. The van der Waals surface area contributed by atoms with Crippen molar-refractivity contribution in [3.63, 3.8) is 0 Å². The number of aliphatic hydroxyl groups is 6. The van der Waals surface area contributed by atoms with Crippen molar-refractivity contribution in [1.82, 2.24) is 9.80 Å². The minimum atomic E-state index is -0.580. The van der Waals surface area contributed by atoms with Gasteiger partial charge in [0.15, 0.2) is 0 Å². The first-order valence-corrected chi connectivity index (χ1v) is 8.43. The topological polar surface area (TPSA) is 154 Å². The molecule has 24 heavy (non-hydrogen) atoms. The van der Waals surface area contributed by atoms with Crippen LogP contribution in [0.5, 0.6) is 0 Å². The first kappa shape index (κ1) is 25.9. The van der Waals surface area contributed by atoms with Crippen LogP contribution in [-0.2, 0) is 0 Å². The third-order valence-corrected chi connectivity index (χ3v) is 3.35. The predicted octanol–water partition coefficient (Wildman–Crippen LogP) is -3.36. The van der Waals surface area contributed by atoms with Gasteiger partial charge in [-0.1, -0.05) is 6.92 Å². The highest BCUT2D eigenvalue weighted by Crippen LogP contribution is 1.95. The second kappa shape index (κ2) is 19.0. The molecule has 0 aliphatic heterocycles. The van der Waals surface area contributed by atoms with Gasteiger partial charge < -0.3 is 36.4 Å². The van der Waals surface area contributed by atoms with Gasteiger partial charge in [-0.3, -0.25) is 9.80 Å². The zero-order valence-corrected chi connectivity index (χ0v) is 14.8. The van der Waals surface area contributed by atoms with Gasteiger partial charge in [-0.2, -0.15) is 0 Å². The Balaban J connectivity index is 0. The Morgan fingerprint density at radius 3 is 1.29 bits per heavy atom. The van der Waals surface area contributed by atoms with Crippen LogP contribution in [0.3, 0.4) is 0 Å². The van der Waals surface area contributed by atoms with Crippen molar-refractivity contribution in [3.8, 4) is 0 Å². The van der Waals surface area contributed by atoms with Gasteiger partial charge in [0.1, 0.15) is 0 Å². The summed E-state index contributed by atoms with van der Waals surface area (Å²) in [5, 5.41) is 52.9. The van der Waals surface area contributed by atoms with E-state index in [1.807, 2.05) is 11.8 Å². The van der Waals surface area contributed by atoms with Crippen molar-refractivity contribution in [2.45, 2.75) is 25.6 Å². The maximum absolute atomic E-state index is 9.28. The number of rotatable bonds is 14. The Morgan fingerprint density at radius 2 is 1.04 bits per heavy atom. The summed E-state index contributed by atoms with van der Waals surface area (Å²) >= 11 is 0. The normalized spacial score (nSPS) is 13.8. The lowest BCUT2D eigenvalue weighted by atomic mass is 10.2. The Hall–Kier alpha value is -0.360. The van der Waals surface area contributed by atoms with E-state index in [2.05, 4.69) is 0 Å². The predicted molar refractivity (Wildman–Crippen MR) is 92.6 cm³/mol. The van der Waals surface area contributed by atoms with Crippen LogP contribution in [0.25, 0.3) is 0 Å². The van der Waals surface area contributed by atoms with Crippen molar-refractivity contribution >= 4 is 0 Å². The molecule has 0 aliphatic rings. The van der Waals surface area contributed by atoms with Crippen molar-refractivity contribution in [3.05, 3.63) is 0 Å². The highest BCUT2D eigenvalue weighted by Gasteiger charge is 2.09. The Morgan fingerprint density at radius 1 is 0.708 bits per heavy atom. The molecule has 0 heterocycles. The molecule has 9 heteroatoms. The van der Waals surface area contributed by atoms with E-state index in [1.54, 1.807) is 4.90 Å². The fraction of sp³-hybridized carbons (Fsp3) is 1.00. The molecule has 2 unspecified atom stereocenters. The summed E-state index contributed by atoms with van der Waals surface area (Å²) < 4.78 is 0. The summed E-state index contributed by atoms with van der Waals surface area (Å²) in [6.07, 6.45) is -0.237. The van der Waals surface area contributed by atoms with Crippen LogP contribution >= 0.6 is 0 Å². The van der Waals surface area contributed by atoms with Crippen molar-refractivity contribution in [2.24, 2.45) is 5.73 Å². The highest BCUT2D eigenvalue weighted by atomic mass is 16.3. The van der Waals surface area contributed by atoms with Crippen LogP contribution < -0.4 is 5.73 Å². The number of aliphatic hydroxyl groups excluding tert-OH is 6. The second-order valence-electron chi connectivity index (χ2n) is 5.45. The summed E-state index contributed by atoms with van der Waals surface area (Å²) in [6, 6.07) is 0. The van der Waals surface area contributed by atoms with Crippen molar-refractivity contribution in [1.29, 1.82) is 0 Å². The van der Waals surface area contributed by atoms with E-state index in [-0.39, 0.29) is 39.1 Å². The average Bonchev–Trinajstić information content (AvgIpc) is 2.56. The molecule has 0 aliphatic carbocycles. The molecule has 148 valence electrons. The lowest BCUT2D eigenvalue weighted by Crippen LogP contribution is -2.39. The van der Waals surface area contributed by atoms with Crippen LogP contribution in [0.4, 0.5) is 0 Å². The molecule has 0 rings (SSSR count). The van der Waals surface area contributed by atoms with Crippen LogP contribution in [-0.4, -0.2) is 125 Å². The molecule has 0 aromatic rings. The standard InChI is InChI=1S/C8H19NO3.C7H18N2O3/c1-2-8(12)7-9(3-5-10)4-6-11;8-5-7(12)6-9(1-3-10)2-4-11/h8,10-12H,2-7H2,1H3;7,10-12H,1-6,8H2. The molecule has 9 nitrogen and oxygen atoms in total. The Bertz CT molecular complexity index is 215. The molecule has 0 bridgehead atoms. The van der Waals surface area contributed by atoms with E-state index < -0.39 is 6.10 Å². The van der Waals surface area contributed by atoms with Crippen LogP contribution in [0.15, 0.2) is 0 Å². The van der Waals surface area contributed by atoms with Crippen molar-refractivity contribution < 1.29 is 30.6 Å². The molecule has 0 aromatic carbocycles. The SMILES string of the molecule is CCC(O)CN(CCO)CCO.NCC(O)CN(CCO)CCO. The van der Waals surface area contributed by atoms with E-state index in [0.717, 1.165) is 0 Å². The second-order valence-corrected chi connectivity index (χ2v) is 5.45.